The molecule has 0 saturated carbocycles. The van der Waals surface area contributed by atoms with E-state index in [0.29, 0.717) is 17.9 Å². The molecule has 0 bridgehead atoms. The minimum atomic E-state index is -0.321. The van der Waals surface area contributed by atoms with Crippen molar-refractivity contribution in [1.82, 2.24) is 0 Å². The number of benzene rings is 1. The zero-order chi connectivity index (χ0) is 13.1. The summed E-state index contributed by atoms with van der Waals surface area (Å²) in [6.45, 7) is 5.82. The topological polar surface area (TPSA) is 39.4 Å². The second-order valence-electron chi connectivity index (χ2n) is 4.07. The number of rotatable bonds is 3. The van der Waals surface area contributed by atoms with E-state index < -0.39 is 0 Å². The van der Waals surface area contributed by atoms with Crippen LogP contribution >= 0.6 is 0 Å². The van der Waals surface area contributed by atoms with Crippen LogP contribution in [0.1, 0.15) is 28.6 Å². The Bertz CT molecular complexity index is 553. The van der Waals surface area contributed by atoms with Gasteiger partial charge in [-0.15, -0.1) is 0 Å². The number of furan rings is 1. The van der Waals surface area contributed by atoms with Gasteiger partial charge in [0.1, 0.15) is 17.1 Å². The highest BCUT2D eigenvalue weighted by atomic mass is 16.5. The van der Waals surface area contributed by atoms with E-state index >= 15 is 0 Å². The van der Waals surface area contributed by atoms with Crippen molar-refractivity contribution >= 4 is 5.97 Å². The van der Waals surface area contributed by atoms with Crippen molar-refractivity contribution in [2.45, 2.75) is 20.8 Å². The van der Waals surface area contributed by atoms with Crippen molar-refractivity contribution in [3.05, 3.63) is 47.2 Å². The molecule has 1 heterocycles. The van der Waals surface area contributed by atoms with Crippen molar-refractivity contribution in [2.75, 3.05) is 6.61 Å². The molecule has 2 aromatic rings. The summed E-state index contributed by atoms with van der Waals surface area (Å²) in [6, 6.07) is 9.74. The van der Waals surface area contributed by atoms with Gasteiger partial charge in [0.05, 0.1) is 6.61 Å². The summed E-state index contributed by atoms with van der Waals surface area (Å²) in [7, 11) is 0. The first-order valence-electron chi connectivity index (χ1n) is 5.97. The molecule has 2 rings (SSSR count). The number of carbonyl (C=O) groups is 1. The Balaban J connectivity index is 2.47. The van der Waals surface area contributed by atoms with Gasteiger partial charge in [0, 0.05) is 11.1 Å². The number of ether oxygens (including phenoxy) is 1. The molecule has 1 aromatic carbocycles. The van der Waals surface area contributed by atoms with Gasteiger partial charge in [0.25, 0.3) is 0 Å². The maximum Gasteiger partial charge on any atom is 0.341 e. The molecule has 18 heavy (non-hydrogen) atoms. The van der Waals surface area contributed by atoms with Crippen LogP contribution in [0, 0.1) is 13.8 Å². The molecule has 3 heteroatoms. The van der Waals surface area contributed by atoms with Crippen molar-refractivity contribution in [1.29, 1.82) is 0 Å². The zero-order valence-corrected chi connectivity index (χ0v) is 10.8. The lowest BCUT2D eigenvalue weighted by Crippen LogP contribution is -2.06. The first kappa shape index (κ1) is 12.4. The van der Waals surface area contributed by atoms with E-state index in [1.54, 1.807) is 13.8 Å². The van der Waals surface area contributed by atoms with Crippen molar-refractivity contribution in [2.24, 2.45) is 0 Å². The Morgan fingerprint density at radius 3 is 2.50 bits per heavy atom. The summed E-state index contributed by atoms with van der Waals surface area (Å²) in [6.07, 6.45) is 0. The normalized spacial score (nSPS) is 10.4. The molecular formula is C15H16O3. The van der Waals surface area contributed by atoms with Gasteiger partial charge in [-0.25, -0.2) is 4.79 Å². The molecule has 0 atom stereocenters. The molecule has 3 nitrogen and oxygen atoms in total. The van der Waals surface area contributed by atoms with E-state index in [9.17, 15) is 4.79 Å². The summed E-state index contributed by atoms with van der Waals surface area (Å²) in [5, 5.41) is 0. The first-order chi connectivity index (χ1) is 8.65. The Morgan fingerprint density at radius 1 is 1.22 bits per heavy atom. The maximum atomic E-state index is 11.8. The van der Waals surface area contributed by atoms with Crippen LogP contribution in [-0.4, -0.2) is 12.6 Å². The largest absolute Gasteiger partial charge is 0.462 e. The SMILES string of the molecule is CCOC(=O)c1c(C)oc(-c2ccccc2)c1C. The number of hydrogen-bond donors (Lipinski definition) is 0. The van der Waals surface area contributed by atoms with Crippen LogP contribution < -0.4 is 0 Å². The predicted octanol–water partition coefficient (Wildman–Crippen LogP) is 3.74. The number of aryl methyl sites for hydroxylation is 1. The van der Waals surface area contributed by atoms with Crippen LogP contribution in [0.25, 0.3) is 11.3 Å². The van der Waals surface area contributed by atoms with Gasteiger partial charge in [0.2, 0.25) is 0 Å². The fraction of sp³-hybridized carbons (Fsp3) is 0.267. The predicted molar refractivity (Wildman–Crippen MR) is 69.6 cm³/mol. The van der Waals surface area contributed by atoms with Gasteiger partial charge in [0.15, 0.2) is 0 Å². The Labute approximate surface area is 106 Å². The third-order valence-corrected chi connectivity index (χ3v) is 2.84. The third-order valence-electron chi connectivity index (χ3n) is 2.84. The van der Waals surface area contributed by atoms with Crippen molar-refractivity contribution in [3.63, 3.8) is 0 Å². The smallest absolute Gasteiger partial charge is 0.341 e. The second-order valence-corrected chi connectivity index (χ2v) is 4.07. The van der Waals surface area contributed by atoms with E-state index in [1.807, 2.05) is 37.3 Å². The molecule has 0 aliphatic heterocycles. The van der Waals surface area contributed by atoms with Gasteiger partial charge in [-0.1, -0.05) is 30.3 Å². The quantitative estimate of drug-likeness (QED) is 0.772. The van der Waals surface area contributed by atoms with Gasteiger partial charge >= 0.3 is 5.97 Å². The summed E-state index contributed by atoms with van der Waals surface area (Å²) in [5.41, 5.74) is 2.33. The van der Waals surface area contributed by atoms with Crippen LogP contribution in [0.4, 0.5) is 0 Å². The average Bonchev–Trinajstić information content (AvgIpc) is 2.66. The molecule has 0 N–H and O–H groups in total. The molecular weight excluding hydrogens is 228 g/mol. The summed E-state index contributed by atoms with van der Waals surface area (Å²) in [5.74, 6) is 1.01. The van der Waals surface area contributed by atoms with E-state index in [1.165, 1.54) is 0 Å². The molecule has 0 amide bonds. The van der Waals surface area contributed by atoms with Gasteiger partial charge in [-0.05, 0) is 20.8 Å². The van der Waals surface area contributed by atoms with E-state index in [0.717, 1.165) is 16.9 Å². The first-order valence-corrected chi connectivity index (χ1v) is 5.97. The summed E-state index contributed by atoms with van der Waals surface area (Å²) < 4.78 is 10.7. The fourth-order valence-electron chi connectivity index (χ4n) is 2.02. The lowest BCUT2D eigenvalue weighted by molar-refractivity contribution is 0.0523. The van der Waals surface area contributed by atoms with Crippen LogP contribution in [-0.2, 0) is 4.74 Å². The maximum absolute atomic E-state index is 11.8. The van der Waals surface area contributed by atoms with E-state index in [-0.39, 0.29) is 5.97 Å². The minimum absolute atomic E-state index is 0.321. The standard InChI is InChI=1S/C15H16O3/c1-4-17-15(16)13-10(2)14(18-11(13)3)12-8-6-5-7-9-12/h5-9H,4H2,1-3H3. The van der Waals surface area contributed by atoms with Crippen LogP contribution in [0.15, 0.2) is 34.7 Å². The number of esters is 1. The minimum Gasteiger partial charge on any atom is -0.462 e. The number of carbonyl (C=O) groups excluding carboxylic acids is 1. The average molecular weight is 244 g/mol. The molecule has 0 spiro atoms. The highest BCUT2D eigenvalue weighted by Crippen LogP contribution is 2.30. The summed E-state index contributed by atoms with van der Waals surface area (Å²) in [4.78, 5) is 11.8. The van der Waals surface area contributed by atoms with Crippen molar-refractivity contribution < 1.29 is 13.9 Å². The fourth-order valence-corrected chi connectivity index (χ4v) is 2.02. The molecule has 0 aliphatic carbocycles. The van der Waals surface area contributed by atoms with Gasteiger partial charge in [-0.2, -0.15) is 0 Å². The molecule has 1 aromatic heterocycles. The third kappa shape index (κ3) is 2.16. The van der Waals surface area contributed by atoms with E-state index in [2.05, 4.69) is 0 Å². The van der Waals surface area contributed by atoms with Crippen LogP contribution in [0.5, 0.6) is 0 Å². The van der Waals surface area contributed by atoms with Crippen LogP contribution in [0.3, 0.4) is 0 Å². The zero-order valence-electron chi connectivity index (χ0n) is 10.8. The molecule has 0 aliphatic rings. The molecule has 0 fully saturated rings. The number of hydrogen-bond acceptors (Lipinski definition) is 3. The Kier molecular flexibility index (Phi) is 3.51. The molecule has 0 saturated heterocycles. The Morgan fingerprint density at radius 2 is 1.89 bits per heavy atom. The molecule has 94 valence electrons. The van der Waals surface area contributed by atoms with E-state index in [4.69, 9.17) is 9.15 Å². The lowest BCUT2D eigenvalue weighted by Gasteiger charge is -2.01. The molecule has 0 unspecified atom stereocenters. The lowest BCUT2D eigenvalue weighted by atomic mass is 10.1. The van der Waals surface area contributed by atoms with Gasteiger partial charge < -0.3 is 9.15 Å². The highest BCUT2D eigenvalue weighted by Gasteiger charge is 2.22. The summed E-state index contributed by atoms with van der Waals surface area (Å²) >= 11 is 0. The second kappa shape index (κ2) is 5.08. The van der Waals surface area contributed by atoms with Crippen molar-refractivity contribution in [3.8, 4) is 11.3 Å². The molecule has 0 radical (unpaired) electrons. The monoisotopic (exact) mass is 244 g/mol. The highest BCUT2D eigenvalue weighted by molar-refractivity contribution is 5.94. The van der Waals surface area contributed by atoms with Gasteiger partial charge in [-0.3, -0.25) is 0 Å². The Hall–Kier alpha value is -2.03. The van der Waals surface area contributed by atoms with Crippen LogP contribution in [0.2, 0.25) is 0 Å².